The second kappa shape index (κ2) is 5.54. The van der Waals surface area contributed by atoms with E-state index in [2.05, 4.69) is 10.2 Å². The Bertz CT molecular complexity index is 766. The molecule has 1 heterocycles. The van der Waals surface area contributed by atoms with Gasteiger partial charge >= 0.3 is 5.69 Å². The van der Waals surface area contributed by atoms with Crippen molar-refractivity contribution in [2.24, 2.45) is 0 Å². The van der Waals surface area contributed by atoms with E-state index < -0.39 is 4.92 Å². The molecular formula is C14H12N4O3. The summed E-state index contributed by atoms with van der Waals surface area (Å²) in [5.74, 6) is -0.00722. The van der Waals surface area contributed by atoms with Crippen LogP contribution in [0.2, 0.25) is 0 Å². The number of rotatable bonds is 3. The summed E-state index contributed by atoms with van der Waals surface area (Å²) in [4.78, 5) is 10.5. The van der Waals surface area contributed by atoms with Gasteiger partial charge in [0.2, 0.25) is 5.75 Å². The molecule has 0 saturated heterocycles. The number of nitriles is 1. The monoisotopic (exact) mass is 284 g/mol. The fourth-order valence-electron chi connectivity index (χ4n) is 1.75. The Hall–Kier alpha value is -3.01. The van der Waals surface area contributed by atoms with Crippen molar-refractivity contribution in [3.05, 3.63) is 50.7 Å². The molecule has 1 aromatic heterocycles. The maximum absolute atomic E-state index is 11.1. The molecule has 0 fully saturated rings. The van der Waals surface area contributed by atoms with Crippen molar-refractivity contribution in [3.63, 3.8) is 0 Å². The van der Waals surface area contributed by atoms with E-state index in [1.165, 1.54) is 12.1 Å². The van der Waals surface area contributed by atoms with Crippen molar-refractivity contribution in [1.82, 2.24) is 10.2 Å². The number of aromatic nitrogens is 2. The number of benzene rings is 1. The molecule has 21 heavy (non-hydrogen) atoms. The van der Waals surface area contributed by atoms with Gasteiger partial charge < -0.3 is 4.74 Å². The fourth-order valence-corrected chi connectivity index (χ4v) is 1.75. The second-order valence-corrected chi connectivity index (χ2v) is 4.53. The van der Waals surface area contributed by atoms with Crippen LogP contribution >= 0.6 is 0 Å². The molecule has 0 N–H and O–H groups in total. The summed E-state index contributed by atoms with van der Waals surface area (Å²) in [6.07, 6.45) is 0. The van der Waals surface area contributed by atoms with Crippen molar-refractivity contribution >= 4 is 5.69 Å². The van der Waals surface area contributed by atoms with Gasteiger partial charge in [0, 0.05) is 6.07 Å². The highest BCUT2D eigenvalue weighted by molar-refractivity contribution is 5.52. The smallest absolute Gasteiger partial charge is 0.311 e. The molecule has 0 bridgehead atoms. The van der Waals surface area contributed by atoms with Crippen LogP contribution in [0.5, 0.6) is 11.6 Å². The van der Waals surface area contributed by atoms with Crippen LogP contribution in [0.3, 0.4) is 0 Å². The van der Waals surface area contributed by atoms with Crippen LogP contribution in [0.25, 0.3) is 0 Å². The fraction of sp³-hybridized carbons (Fsp3) is 0.214. The van der Waals surface area contributed by atoms with Crippen LogP contribution in [0.1, 0.15) is 22.4 Å². The van der Waals surface area contributed by atoms with E-state index in [0.717, 1.165) is 5.56 Å². The van der Waals surface area contributed by atoms with Gasteiger partial charge in [-0.3, -0.25) is 10.1 Å². The standard InChI is InChI=1S/C14H12N4O3/c1-8-4-5-13(12(6-8)18(19)20)21-14-11(7-15)9(2)10(3)16-17-14/h4-6H,1-3H3. The van der Waals surface area contributed by atoms with E-state index in [1.807, 2.05) is 6.07 Å². The molecule has 106 valence electrons. The van der Waals surface area contributed by atoms with Crippen LogP contribution < -0.4 is 4.74 Å². The molecular weight excluding hydrogens is 272 g/mol. The Labute approximate surface area is 121 Å². The maximum Gasteiger partial charge on any atom is 0.311 e. The topological polar surface area (TPSA) is 102 Å². The average molecular weight is 284 g/mol. The van der Waals surface area contributed by atoms with Gasteiger partial charge in [0.15, 0.2) is 0 Å². The third-order valence-electron chi connectivity index (χ3n) is 3.05. The first kappa shape index (κ1) is 14.4. The van der Waals surface area contributed by atoms with Crippen molar-refractivity contribution in [2.75, 3.05) is 0 Å². The predicted octanol–water partition coefficient (Wildman–Crippen LogP) is 2.97. The quantitative estimate of drug-likeness (QED) is 0.634. The molecule has 0 aliphatic carbocycles. The van der Waals surface area contributed by atoms with Gasteiger partial charge in [-0.1, -0.05) is 6.07 Å². The summed E-state index contributed by atoms with van der Waals surface area (Å²) in [6, 6.07) is 6.55. The van der Waals surface area contributed by atoms with Gasteiger partial charge in [0.25, 0.3) is 5.88 Å². The van der Waals surface area contributed by atoms with Gasteiger partial charge in [-0.15, -0.1) is 5.10 Å². The summed E-state index contributed by atoms with van der Waals surface area (Å²) >= 11 is 0. The Balaban J connectivity index is 2.52. The van der Waals surface area contributed by atoms with Crippen molar-refractivity contribution in [3.8, 4) is 17.7 Å². The molecule has 7 heteroatoms. The van der Waals surface area contributed by atoms with Gasteiger partial charge in [0.05, 0.1) is 10.6 Å². The maximum atomic E-state index is 11.1. The van der Waals surface area contributed by atoms with E-state index in [9.17, 15) is 15.4 Å². The summed E-state index contributed by atoms with van der Waals surface area (Å²) < 4.78 is 5.45. The number of ether oxygens (including phenoxy) is 1. The van der Waals surface area contributed by atoms with Crippen LogP contribution in [0.15, 0.2) is 18.2 Å². The Morgan fingerprint density at radius 2 is 2.00 bits per heavy atom. The number of hydrogen-bond donors (Lipinski definition) is 0. The Kier molecular flexibility index (Phi) is 3.80. The summed E-state index contributed by atoms with van der Waals surface area (Å²) in [5.41, 5.74) is 2.02. The molecule has 0 aliphatic rings. The highest BCUT2D eigenvalue weighted by atomic mass is 16.6. The molecule has 2 aromatic rings. The van der Waals surface area contributed by atoms with E-state index in [4.69, 9.17) is 4.74 Å². The van der Waals surface area contributed by atoms with Crippen molar-refractivity contribution in [2.45, 2.75) is 20.8 Å². The summed E-state index contributed by atoms with van der Waals surface area (Å²) in [5, 5.41) is 27.9. The lowest BCUT2D eigenvalue weighted by Gasteiger charge is -2.09. The molecule has 0 aliphatic heterocycles. The molecule has 0 radical (unpaired) electrons. The third kappa shape index (κ3) is 2.79. The van der Waals surface area contributed by atoms with E-state index in [-0.39, 0.29) is 22.9 Å². The zero-order valence-electron chi connectivity index (χ0n) is 11.7. The number of nitrogens with zero attached hydrogens (tertiary/aromatic N) is 4. The lowest BCUT2D eigenvalue weighted by Crippen LogP contribution is -2.02. The van der Waals surface area contributed by atoms with Crippen molar-refractivity contribution < 1.29 is 9.66 Å². The minimum atomic E-state index is -0.539. The van der Waals surface area contributed by atoms with Crippen molar-refractivity contribution in [1.29, 1.82) is 5.26 Å². The molecule has 0 saturated carbocycles. The Morgan fingerprint density at radius 1 is 1.29 bits per heavy atom. The van der Waals surface area contributed by atoms with E-state index >= 15 is 0 Å². The number of nitro benzene ring substituents is 1. The number of aryl methyl sites for hydroxylation is 2. The first-order valence-corrected chi connectivity index (χ1v) is 6.11. The molecule has 0 atom stereocenters. The van der Waals surface area contributed by atoms with Crippen LogP contribution in [-0.4, -0.2) is 15.1 Å². The molecule has 0 spiro atoms. The van der Waals surface area contributed by atoms with E-state index in [1.54, 1.807) is 26.8 Å². The van der Waals surface area contributed by atoms with Gasteiger partial charge in [0.1, 0.15) is 11.6 Å². The number of hydrogen-bond acceptors (Lipinski definition) is 6. The predicted molar refractivity (Wildman–Crippen MR) is 74.1 cm³/mol. The Morgan fingerprint density at radius 3 is 2.62 bits per heavy atom. The molecule has 0 amide bonds. The average Bonchev–Trinajstić information content (AvgIpc) is 2.45. The summed E-state index contributed by atoms with van der Waals surface area (Å²) in [6.45, 7) is 5.19. The highest BCUT2D eigenvalue weighted by Gasteiger charge is 2.19. The summed E-state index contributed by atoms with van der Waals surface area (Å²) in [7, 11) is 0. The van der Waals surface area contributed by atoms with Gasteiger partial charge in [-0.25, -0.2) is 0 Å². The first-order valence-electron chi connectivity index (χ1n) is 6.11. The van der Waals surface area contributed by atoms with Crippen LogP contribution in [0.4, 0.5) is 5.69 Å². The van der Waals surface area contributed by atoms with Gasteiger partial charge in [-0.05, 0) is 38.0 Å². The molecule has 1 aromatic carbocycles. The lowest BCUT2D eigenvalue weighted by atomic mass is 10.1. The van der Waals surface area contributed by atoms with Crippen LogP contribution in [-0.2, 0) is 0 Å². The number of nitro groups is 1. The molecule has 0 unspecified atom stereocenters. The minimum absolute atomic E-state index is 0.0275. The normalized spacial score (nSPS) is 10.0. The third-order valence-corrected chi connectivity index (χ3v) is 3.05. The zero-order chi connectivity index (χ0) is 15.6. The van der Waals surface area contributed by atoms with Gasteiger partial charge in [-0.2, -0.15) is 10.4 Å². The first-order chi connectivity index (χ1) is 9.93. The second-order valence-electron chi connectivity index (χ2n) is 4.53. The lowest BCUT2D eigenvalue weighted by molar-refractivity contribution is -0.385. The van der Waals surface area contributed by atoms with Crippen LogP contribution in [0, 0.1) is 42.2 Å². The largest absolute Gasteiger partial charge is 0.429 e. The minimum Gasteiger partial charge on any atom is -0.429 e. The zero-order valence-corrected chi connectivity index (χ0v) is 11.7. The highest BCUT2D eigenvalue weighted by Crippen LogP contribution is 2.33. The molecule has 2 rings (SSSR count). The molecule has 7 nitrogen and oxygen atoms in total. The SMILES string of the molecule is Cc1ccc(Oc2nnc(C)c(C)c2C#N)c([N+](=O)[O-])c1. The van der Waals surface area contributed by atoms with E-state index in [0.29, 0.717) is 11.3 Å².